The molecule has 4 nitrogen and oxygen atoms in total. The average molecular weight is 144 g/mol. The quantitative estimate of drug-likeness (QED) is 0.347. The maximum absolute atomic E-state index is 10.7. The van der Waals surface area contributed by atoms with E-state index in [-0.39, 0.29) is 17.9 Å². The molecule has 0 aromatic carbocycles. The molecule has 2 atom stereocenters. The van der Waals surface area contributed by atoms with Crippen LogP contribution in [-0.2, 0) is 4.79 Å². The Morgan fingerprint density at radius 2 is 2.30 bits per heavy atom. The van der Waals surface area contributed by atoms with Gasteiger partial charge in [-0.1, -0.05) is 0 Å². The summed E-state index contributed by atoms with van der Waals surface area (Å²) in [6.07, 6.45) is 2.39. The van der Waals surface area contributed by atoms with E-state index < -0.39 is 0 Å². The van der Waals surface area contributed by atoms with Crippen LogP contribution in [0.15, 0.2) is 0 Å². The summed E-state index contributed by atoms with van der Waals surface area (Å²) < 4.78 is 0. The summed E-state index contributed by atoms with van der Waals surface area (Å²) >= 11 is 0. The minimum Gasteiger partial charge on any atom is -0.328 e. The number of nitrogens with one attached hydrogen (secondary N) is 1. The van der Waals surface area contributed by atoms with Crippen LogP contribution in [0.5, 0.6) is 0 Å². The highest BCUT2D eigenvalue weighted by Gasteiger charge is 2.27. The lowest BCUT2D eigenvalue weighted by Gasteiger charge is -2.04. The highest BCUT2D eigenvalue weighted by atomic mass is 16.5. The van der Waals surface area contributed by atoms with Crippen LogP contribution >= 0.6 is 0 Å². The van der Waals surface area contributed by atoms with Gasteiger partial charge >= 0.3 is 0 Å². The molecule has 0 heterocycles. The van der Waals surface area contributed by atoms with Crippen LogP contribution in [0.3, 0.4) is 0 Å². The maximum Gasteiger partial charge on any atom is 0.246 e. The Morgan fingerprint density at radius 3 is 2.70 bits per heavy atom. The Balaban J connectivity index is 2.37. The third-order valence-corrected chi connectivity index (χ3v) is 1.95. The zero-order chi connectivity index (χ0) is 7.56. The van der Waals surface area contributed by atoms with Crippen LogP contribution in [-0.4, -0.2) is 17.2 Å². The number of amides is 1. The topological polar surface area (TPSA) is 75.4 Å². The molecule has 0 aromatic rings. The Bertz CT molecular complexity index is 138. The smallest absolute Gasteiger partial charge is 0.246 e. The van der Waals surface area contributed by atoms with E-state index >= 15 is 0 Å². The van der Waals surface area contributed by atoms with Gasteiger partial charge in [0.2, 0.25) is 5.91 Å². The number of carbonyl (C=O) groups excluding carboxylic acids is 1. The van der Waals surface area contributed by atoms with Crippen molar-refractivity contribution in [3.05, 3.63) is 0 Å². The average Bonchev–Trinajstić information content (AvgIpc) is 2.34. The summed E-state index contributed by atoms with van der Waals surface area (Å²) in [5, 5.41) is 8.24. The van der Waals surface area contributed by atoms with Crippen molar-refractivity contribution in [2.24, 2.45) is 11.7 Å². The van der Waals surface area contributed by atoms with E-state index in [0.29, 0.717) is 6.42 Å². The molecule has 2 unspecified atom stereocenters. The van der Waals surface area contributed by atoms with E-state index in [1.165, 1.54) is 0 Å². The van der Waals surface area contributed by atoms with Gasteiger partial charge in [0.05, 0.1) is 0 Å². The van der Waals surface area contributed by atoms with Gasteiger partial charge in [0.1, 0.15) is 0 Å². The molecule has 58 valence electrons. The van der Waals surface area contributed by atoms with Crippen molar-refractivity contribution in [2.45, 2.75) is 25.3 Å². The van der Waals surface area contributed by atoms with E-state index in [0.717, 1.165) is 12.8 Å². The molecule has 0 saturated heterocycles. The molecule has 1 saturated carbocycles. The molecule has 0 aliphatic heterocycles. The third kappa shape index (κ3) is 1.46. The largest absolute Gasteiger partial charge is 0.328 e. The minimum absolute atomic E-state index is 0.0694. The van der Waals surface area contributed by atoms with Gasteiger partial charge in [-0.05, 0) is 19.3 Å². The summed E-state index contributed by atoms with van der Waals surface area (Å²) in [5.41, 5.74) is 7.19. The fourth-order valence-electron chi connectivity index (χ4n) is 1.35. The summed E-state index contributed by atoms with van der Waals surface area (Å²) in [7, 11) is 0. The molecular weight excluding hydrogens is 132 g/mol. The van der Waals surface area contributed by atoms with Crippen molar-refractivity contribution in [3.8, 4) is 0 Å². The molecule has 0 radical (unpaired) electrons. The van der Waals surface area contributed by atoms with Gasteiger partial charge in [0.25, 0.3) is 0 Å². The number of hydrogen-bond acceptors (Lipinski definition) is 3. The number of nitrogens with two attached hydrogens (primary N) is 1. The Kier molecular flexibility index (Phi) is 2.24. The fraction of sp³-hybridized carbons (Fsp3) is 0.833. The lowest BCUT2D eigenvalue weighted by atomic mass is 10.1. The standard InChI is InChI=1S/C6H12N2O2/c7-5-2-1-4(3-5)6(9)8-10/h4-5,10H,1-3,7H2,(H,8,9). The summed E-state index contributed by atoms with van der Waals surface area (Å²) in [6.45, 7) is 0. The minimum atomic E-state index is -0.298. The second-order valence-corrected chi connectivity index (χ2v) is 2.75. The Hall–Kier alpha value is -0.610. The van der Waals surface area contributed by atoms with Crippen molar-refractivity contribution in [1.82, 2.24) is 5.48 Å². The van der Waals surface area contributed by atoms with Crippen molar-refractivity contribution in [1.29, 1.82) is 0 Å². The first-order chi connectivity index (χ1) is 4.74. The van der Waals surface area contributed by atoms with Gasteiger partial charge in [0.15, 0.2) is 0 Å². The van der Waals surface area contributed by atoms with E-state index in [9.17, 15) is 4.79 Å². The SMILES string of the molecule is NC1CCC(C(=O)NO)C1. The molecule has 4 heteroatoms. The normalized spacial score (nSPS) is 32.2. The van der Waals surface area contributed by atoms with E-state index in [2.05, 4.69) is 0 Å². The van der Waals surface area contributed by atoms with Crippen molar-refractivity contribution < 1.29 is 10.0 Å². The van der Waals surface area contributed by atoms with Gasteiger partial charge in [-0.3, -0.25) is 10.0 Å². The molecule has 1 fully saturated rings. The molecule has 0 bridgehead atoms. The van der Waals surface area contributed by atoms with Gasteiger partial charge < -0.3 is 5.73 Å². The molecule has 1 aliphatic rings. The van der Waals surface area contributed by atoms with Gasteiger partial charge in [-0.15, -0.1) is 0 Å². The number of carbonyl (C=O) groups is 1. The molecule has 1 rings (SSSR count). The first kappa shape index (κ1) is 7.50. The maximum atomic E-state index is 10.7. The van der Waals surface area contributed by atoms with Crippen LogP contribution in [0.25, 0.3) is 0 Å². The summed E-state index contributed by atoms with van der Waals surface area (Å²) in [4.78, 5) is 10.7. The fourth-order valence-corrected chi connectivity index (χ4v) is 1.35. The number of hydrogen-bond donors (Lipinski definition) is 3. The van der Waals surface area contributed by atoms with Crippen LogP contribution in [0, 0.1) is 5.92 Å². The van der Waals surface area contributed by atoms with Crippen molar-refractivity contribution in [3.63, 3.8) is 0 Å². The Labute approximate surface area is 59.4 Å². The first-order valence-electron chi connectivity index (χ1n) is 3.43. The molecule has 4 N–H and O–H groups in total. The predicted molar refractivity (Wildman–Crippen MR) is 35.2 cm³/mol. The Morgan fingerprint density at radius 1 is 1.60 bits per heavy atom. The van der Waals surface area contributed by atoms with E-state index in [1.807, 2.05) is 0 Å². The monoisotopic (exact) mass is 144 g/mol. The molecule has 1 aliphatic carbocycles. The van der Waals surface area contributed by atoms with E-state index in [1.54, 1.807) is 5.48 Å². The number of rotatable bonds is 1. The molecule has 0 spiro atoms. The zero-order valence-electron chi connectivity index (χ0n) is 5.71. The highest BCUT2D eigenvalue weighted by Crippen LogP contribution is 2.23. The van der Waals surface area contributed by atoms with Crippen molar-refractivity contribution >= 4 is 5.91 Å². The molecule has 0 aromatic heterocycles. The van der Waals surface area contributed by atoms with Gasteiger partial charge in [0, 0.05) is 12.0 Å². The second-order valence-electron chi connectivity index (χ2n) is 2.75. The number of hydroxylamine groups is 1. The molecule has 10 heavy (non-hydrogen) atoms. The lowest BCUT2D eigenvalue weighted by molar-refractivity contribution is -0.133. The predicted octanol–water partition coefficient (Wildman–Crippen LogP) is -0.381. The highest BCUT2D eigenvalue weighted by molar-refractivity contribution is 5.77. The van der Waals surface area contributed by atoms with Crippen LogP contribution in [0.4, 0.5) is 0 Å². The van der Waals surface area contributed by atoms with Crippen molar-refractivity contribution in [2.75, 3.05) is 0 Å². The van der Waals surface area contributed by atoms with Crippen LogP contribution in [0.2, 0.25) is 0 Å². The zero-order valence-corrected chi connectivity index (χ0v) is 5.71. The van der Waals surface area contributed by atoms with Crippen LogP contribution in [0.1, 0.15) is 19.3 Å². The van der Waals surface area contributed by atoms with Crippen LogP contribution < -0.4 is 11.2 Å². The lowest BCUT2D eigenvalue weighted by Crippen LogP contribution is -2.27. The van der Waals surface area contributed by atoms with E-state index in [4.69, 9.17) is 10.9 Å². The molecular formula is C6H12N2O2. The molecule has 1 amide bonds. The summed E-state index contributed by atoms with van der Waals surface area (Å²) in [5.74, 6) is -0.368. The van der Waals surface area contributed by atoms with Gasteiger partial charge in [-0.25, -0.2) is 5.48 Å². The first-order valence-corrected chi connectivity index (χ1v) is 3.43. The summed E-state index contributed by atoms with van der Waals surface area (Å²) in [6, 6.07) is 0.141. The van der Waals surface area contributed by atoms with Gasteiger partial charge in [-0.2, -0.15) is 0 Å². The second kappa shape index (κ2) is 2.98. The third-order valence-electron chi connectivity index (χ3n) is 1.95.